The van der Waals surface area contributed by atoms with Crippen molar-refractivity contribution in [1.29, 1.82) is 5.26 Å². The van der Waals surface area contributed by atoms with E-state index < -0.39 is 76.6 Å². The van der Waals surface area contributed by atoms with Crippen LogP contribution in [0.1, 0.15) is 42.6 Å². The van der Waals surface area contributed by atoms with Crippen LogP contribution < -0.4 is 10.6 Å². The van der Waals surface area contributed by atoms with Crippen LogP contribution in [0.25, 0.3) is 10.9 Å². The normalized spacial score (nSPS) is 28.6. The van der Waals surface area contributed by atoms with Gasteiger partial charge < -0.3 is 25.3 Å². The fourth-order valence-corrected chi connectivity index (χ4v) is 6.60. The predicted octanol–water partition coefficient (Wildman–Crippen LogP) is 3.55. The minimum Gasteiger partial charge on any atom is -0.348 e. The molecule has 3 aliphatic rings. The monoisotopic (exact) mass is 567 g/mol. The molecule has 3 heterocycles. The Hall–Kier alpha value is -3.17. The zero-order valence-electron chi connectivity index (χ0n) is 20.7. The van der Waals surface area contributed by atoms with E-state index in [0.717, 1.165) is 29.9 Å². The molecular weight excluding hydrogens is 542 g/mol. The number of carbonyl (C=O) groups is 3. The number of aromatic amines is 1. The van der Waals surface area contributed by atoms with E-state index in [1.54, 1.807) is 0 Å². The maximum absolute atomic E-state index is 14.5. The second-order valence-corrected chi connectivity index (χ2v) is 11.3. The van der Waals surface area contributed by atoms with Gasteiger partial charge >= 0.3 is 0 Å². The van der Waals surface area contributed by atoms with Crippen LogP contribution in [0.2, 0.25) is 5.02 Å². The summed E-state index contributed by atoms with van der Waals surface area (Å²) < 4.78 is 57.5. The number of hydrogen-bond acceptors (Lipinski definition) is 5. The summed E-state index contributed by atoms with van der Waals surface area (Å²) in [6.07, 6.45) is 0.904. The number of aldehydes is 1. The molecule has 8 nitrogen and oxygen atoms in total. The Morgan fingerprint density at radius 2 is 2.08 bits per heavy atom. The number of rotatable bonds is 6. The SMILES string of the molecule is N#C[C@H](C[C@@]1(C=O)CCCNC1)NC(=O)[C@@H]1[C@H]2CC(F)(F)C[C@H]2CN1C(=O)c1cc2c(F)cc(Cl)c(F)c2[nH]1. The topological polar surface area (TPSA) is 118 Å². The van der Waals surface area contributed by atoms with Crippen LogP contribution in [0.3, 0.4) is 0 Å². The van der Waals surface area contributed by atoms with Crippen molar-refractivity contribution in [2.75, 3.05) is 19.6 Å². The van der Waals surface area contributed by atoms with Crippen LogP contribution in [0.5, 0.6) is 0 Å². The lowest BCUT2D eigenvalue weighted by Gasteiger charge is -2.35. The first-order chi connectivity index (χ1) is 18.5. The standard InChI is InChI=1S/C26H26ClF4N5O3/c27-17-5-18(28)15-4-19(35-21(15)20(17)29)24(39)36-10-13-6-26(30,31)8-16(13)22(36)23(38)34-14(9-32)7-25(12-37)2-1-3-33-11-25/h4-5,12-14,16,22,33,35H,1-3,6-8,10-11H2,(H,34,38)/t13-,14-,16-,22-,25-/m0/s1. The zero-order valence-corrected chi connectivity index (χ0v) is 21.5. The average molecular weight is 568 g/mol. The van der Waals surface area contributed by atoms with Gasteiger partial charge in [0.2, 0.25) is 11.8 Å². The summed E-state index contributed by atoms with van der Waals surface area (Å²) in [5, 5.41) is 14.7. The number of fused-ring (bicyclic) bond motifs is 2. The fraction of sp³-hybridized carbons (Fsp3) is 0.538. The maximum Gasteiger partial charge on any atom is 0.271 e. The number of nitrogens with zero attached hydrogens (tertiary/aromatic N) is 2. The number of halogens is 5. The van der Waals surface area contributed by atoms with Crippen LogP contribution >= 0.6 is 11.6 Å². The Labute approximate surface area is 226 Å². The number of amides is 2. The van der Waals surface area contributed by atoms with E-state index in [-0.39, 0.29) is 29.6 Å². The van der Waals surface area contributed by atoms with Gasteiger partial charge in [-0.05, 0) is 49.8 Å². The van der Waals surface area contributed by atoms with E-state index in [4.69, 9.17) is 11.6 Å². The van der Waals surface area contributed by atoms with Gasteiger partial charge in [0, 0.05) is 36.7 Å². The molecule has 1 saturated carbocycles. The molecule has 5 atom stereocenters. The number of benzene rings is 1. The third-order valence-electron chi connectivity index (χ3n) is 8.23. The van der Waals surface area contributed by atoms with E-state index in [2.05, 4.69) is 15.6 Å². The van der Waals surface area contributed by atoms with Gasteiger partial charge in [-0.1, -0.05) is 11.6 Å². The van der Waals surface area contributed by atoms with Crippen molar-refractivity contribution in [2.45, 2.75) is 50.1 Å². The van der Waals surface area contributed by atoms with E-state index in [0.29, 0.717) is 19.4 Å². The largest absolute Gasteiger partial charge is 0.348 e. The van der Waals surface area contributed by atoms with Gasteiger partial charge in [-0.25, -0.2) is 17.6 Å². The van der Waals surface area contributed by atoms with Crippen molar-refractivity contribution in [3.05, 3.63) is 34.5 Å². The van der Waals surface area contributed by atoms with Gasteiger partial charge in [-0.15, -0.1) is 0 Å². The Bertz CT molecular complexity index is 1370. The van der Waals surface area contributed by atoms with Crippen molar-refractivity contribution < 1.29 is 31.9 Å². The minimum atomic E-state index is -3.02. The zero-order chi connectivity index (χ0) is 28.1. The molecule has 3 N–H and O–H groups in total. The highest BCUT2D eigenvalue weighted by Gasteiger charge is 2.58. The number of carbonyl (C=O) groups excluding carboxylic acids is 3. The Kier molecular flexibility index (Phi) is 7.09. The van der Waals surface area contributed by atoms with Gasteiger partial charge in [0.25, 0.3) is 5.91 Å². The van der Waals surface area contributed by atoms with Gasteiger partial charge in [0.1, 0.15) is 29.9 Å². The highest BCUT2D eigenvalue weighted by atomic mass is 35.5. The molecule has 0 bridgehead atoms. The molecule has 0 radical (unpaired) electrons. The Morgan fingerprint density at radius 3 is 2.74 bits per heavy atom. The van der Waals surface area contributed by atoms with E-state index in [9.17, 15) is 37.2 Å². The van der Waals surface area contributed by atoms with Gasteiger partial charge in [0.15, 0.2) is 5.82 Å². The summed E-state index contributed by atoms with van der Waals surface area (Å²) in [5.74, 6) is -8.00. The molecule has 2 aromatic rings. The summed E-state index contributed by atoms with van der Waals surface area (Å²) in [7, 11) is 0. The van der Waals surface area contributed by atoms with Crippen LogP contribution in [-0.4, -0.2) is 65.6 Å². The molecule has 5 rings (SSSR count). The molecule has 2 saturated heterocycles. The average Bonchev–Trinajstić information content (AvgIpc) is 3.57. The molecule has 1 aliphatic carbocycles. The quantitative estimate of drug-likeness (QED) is 0.280. The van der Waals surface area contributed by atoms with Crippen LogP contribution in [0, 0.1) is 40.2 Å². The van der Waals surface area contributed by atoms with Crippen molar-refractivity contribution in [3.63, 3.8) is 0 Å². The highest BCUT2D eigenvalue weighted by Crippen LogP contribution is 2.50. The first-order valence-corrected chi connectivity index (χ1v) is 13.1. The van der Waals surface area contributed by atoms with Gasteiger partial charge in [0.05, 0.1) is 16.6 Å². The number of aromatic nitrogens is 1. The predicted molar refractivity (Wildman–Crippen MR) is 132 cm³/mol. The number of nitriles is 1. The number of alkyl halides is 2. The van der Waals surface area contributed by atoms with E-state index in [1.807, 2.05) is 6.07 Å². The Balaban J connectivity index is 1.42. The molecule has 39 heavy (non-hydrogen) atoms. The number of likely N-dealkylation sites (tertiary alicyclic amines) is 1. The molecule has 0 spiro atoms. The molecule has 1 aromatic heterocycles. The summed E-state index contributed by atoms with van der Waals surface area (Å²) in [5.41, 5.74) is -1.43. The van der Waals surface area contributed by atoms with Crippen molar-refractivity contribution >= 4 is 40.6 Å². The van der Waals surface area contributed by atoms with Gasteiger partial charge in [-0.2, -0.15) is 5.26 Å². The number of piperidine rings is 1. The number of H-pyrrole nitrogens is 1. The molecule has 1 aromatic carbocycles. The molecule has 2 aliphatic heterocycles. The second-order valence-electron chi connectivity index (χ2n) is 10.9. The van der Waals surface area contributed by atoms with E-state index in [1.165, 1.54) is 0 Å². The van der Waals surface area contributed by atoms with Crippen molar-refractivity contribution in [1.82, 2.24) is 20.5 Å². The first-order valence-electron chi connectivity index (χ1n) is 12.7. The molecule has 0 unspecified atom stereocenters. The molecule has 13 heteroatoms. The Morgan fingerprint density at radius 1 is 1.31 bits per heavy atom. The lowest BCUT2D eigenvalue weighted by molar-refractivity contribution is -0.127. The highest BCUT2D eigenvalue weighted by molar-refractivity contribution is 6.31. The third-order valence-corrected chi connectivity index (χ3v) is 8.50. The van der Waals surface area contributed by atoms with Crippen molar-refractivity contribution in [3.8, 4) is 6.07 Å². The van der Waals surface area contributed by atoms with Crippen LogP contribution in [0.15, 0.2) is 12.1 Å². The fourth-order valence-electron chi connectivity index (χ4n) is 6.41. The first kappa shape index (κ1) is 27.4. The lowest BCUT2D eigenvalue weighted by atomic mass is 9.77. The summed E-state index contributed by atoms with van der Waals surface area (Å²) in [4.78, 5) is 42.6. The third kappa shape index (κ3) is 4.98. The maximum atomic E-state index is 14.5. The van der Waals surface area contributed by atoms with E-state index >= 15 is 0 Å². The number of nitrogens with one attached hydrogen (secondary N) is 3. The molecular formula is C26H26ClF4N5O3. The molecule has 2 amide bonds. The second kappa shape index (κ2) is 10.1. The lowest BCUT2D eigenvalue weighted by Crippen LogP contribution is -2.53. The molecule has 208 valence electrons. The minimum absolute atomic E-state index is 0.0258. The van der Waals surface area contributed by atoms with Gasteiger partial charge in [-0.3, -0.25) is 9.59 Å². The van der Waals surface area contributed by atoms with Crippen LogP contribution in [0.4, 0.5) is 17.6 Å². The summed E-state index contributed by atoms with van der Waals surface area (Å²) in [6.45, 7) is 0.897. The summed E-state index contributed by atoms with van der Waals surface area (Å²) >= 11 is 5.71. The summed E-state index contributed by atoms with van der Waals surface area (Å²) in [6, 6.07) is 1.40. The smallest absolute Gasteiger partial charge is 0.271 e. The van der Waals surface area contributed by atoms with Crippen LogP contribution in [-0.2, 0) is 9.59 Å². The number of hydrogen-bond donors (Lipinski definition) is 3. The van der Waals surface area contributed by atoms with Crippen molar-refractivity contribution in [2.24, 2.45) is 17.3 Å². The molecule has 3 fully saturated rings.